The summed E-state index contributed by atoms with van der Waals surface area (Å²) in [6, 6.07) is 0. The highest BCUT2D eigenvalue weighted by molar-refractivity contribution is 5.82. The van der Waals surface area contributed by atoms with Crippen LogP contribution in [0.15, 0.2) is 4.99 Å². The van der Waals surface area contributed by atoms with Gasteiger partial charge >= 0.3 is 0 Å². The van der Waals surface area contributed by atoms with Crippen LogP contribution in [0, 0.1) is 0 Å². The third-order valence-electron chi connectivity index (χ3n) is 6.37. The maximum absolute atomic E-state index is 12.5. The van der Waals surface area contributed by atoms with E-state index < -0.39 is 0 Å². The molecule has 0 aromatic rings. The van der Waals surface area contributed by atoms with Gasteiger partial charge in [0, 0.05) is 51.9 Å². The summed E-state index contributed by atoms with van der Waals surface area (Å²) in [6.07, 6.45) is 6.77. The molecule has 1 amide bonds. The Balaban J connectivity index is 1.50. The number of carbonyl (C=O) groups excluding carboxylic acids is 1. The summed E-state index contributed by atoms with van der Waals surface area (Å²) in [7, 11) is 6.22. The van der Waals surface area contributed by atoms with E-state index in [1.807, 2.05) is 11.9 Å². The molecule has 1 N–H and O–H groups in total. The van der Waals surface area contributed by atoms with Crippen LogP contribution in [0.4, 0.5) is 0 Å². The molecule has 2 heterocycles. The zero-order valence-corrected chi connectivity index (χ0v) is 16.7. The van der Waals surface area contributed by atoms with E-state index in [0.29, 0.717) is 0 Å². The molecule has 0 aromatic carbocycles. The molecule has 7 nitrogen and oxygen atoms in total. The molecule has 0 bridgehead atoms. The number of piperazine rings is 1. The minimum absolute atomic E-state index is 0.169. The molecule has 7 heteroatoms. The van der Waals surface area contributed by atoms with Crippen molar-refractivity contribution >= 4 is 11.9 Å². The van der Waals surface area contributed by atoms with E-state index in [9.17, 15) is 4.79 Å². The fraction of sp³-hybridized carbons (Fsp3) is 0.895. The number of nitrogens with one attached hydrogen (secondary N) is 1. The number of rotatable bonds is 4. The van der Waals surface area contributed by atoms with Crippen molar-refractivity contribution < 1.29 is 9.53 Å². The van der Waals surface area contributed by atoms with Gasteiger partial charge in [-0.3, -0.25) is 9.79 Å². The van der Waals surface area contributed by atoms with Crippen LogP contribution in [-0.2, 0) is 9.53 Å². The Kier molecular flexibility index (Phi) is 6.40. The summed E-state index contributed by atoms with van der Waals surface area (Å²) < 4.78 is 5.55. The van der Waals surface area contributed by atoms with Crippen LogP contribution in [0.2, 0.25) is 0 Å². The SMILES string of the molecule is CN=C(NCC1(N(C)C)CCCC1)N1CCN(C(=O)C2CCCO2)CC1. The van der Waals surface area contributed by atoms with Crippen molar-refractivity contribution in [1.29, 1.82) is 0 Å². The number of hydrogen-bond acceptors (Lipinski definition) is 4. The molecule has 2 aliphatic heterocycles. The second-order valence-electron chi connectivity index (χ2n) is 8.04. The fourth-order valence-electron chi connectivity index (χ4n) is 4.51. The van der Waals surface area contributed by atoms with Gasteiger partial charge in [0.1, 0.15) is 6.10 Å². The molecule has 1 saturated carbocycles. The van der Waals surface area contributed by atoms with Gasteiger partial charge in [-0.1, -0.05) is 12.8 Å². The van der Waals surface area contributed by atoms with Crippen molar-refractivity contribution in [3.63, 3.8) is 0 Å². The Bertz CT molecular complexity index is 502. The molecule has 2 saturated heterocycles. The van der Waals surface area contributed by atoms with Crippen LogP contribution >= 0.6 is 0 Å². The first-order chi connectivity index (χ1) is 12.6. The third-order valence-corrected chi connectivity index (χ3v) is 6.37. The molecule has 3 rings (SSSR count). The average Bonchev–Trinajstić information content (AvgIpc) is 3.35. The quantitative estimate of drug-likeness (QED) is 0.589. The standard InChI is InChI=1S/C19H35N5O2/c1-20-18(21-15-19(22(2)3)8-4-5-9-19)24-12-10-23(11-13-24)17(25)16-7-6-14-26-16/h16H,4-15H2,1-3H3,(H,20,21). The first-order valence-electron chi connectivity index (χ1n) is 10.1. The highest BCUT2D eigenvalue weighted by atomic mass is 16.5. The van der Waals surface area contributed by atoms with Gasteiger partial charge < -0.3 is 24.8 Å². The van der Waals surface area contributed by atoms with Crippen LogP contribution in [-0.4, -0.2) is 98.7 Å². The van der Waals surface area contributed by atoms with Crippen LogP contribution in [0.5, 0.6) is 0 Å². The van der Waals surface area contributed by atoms with Crippen LogP contribution in [0.3, 0.4) is 0 Å². The Morgan fingerprint density at radius 1 is 1.15 bits per heavy atom. The third kappa shape index (κ3) is 4.14. The van der Waals surface area contributed by atoms with Crippen molar-refractivity contribution in [1.82, 2.24) is 20.0 Å². The van der Waals surface area contributed by atoms with Crippen molar-refractivity contribution in [3.05, 3.63) is 0 Å². The van der Waals surface area contributed by atoms with Crippen LogP contribution in [0.25, 0.3) is 0 Å². The highest BCUT2D eigenvalue weighted by Gasteiger charge is 2.36. The van der Waals surface area contributed by atoms with E-state index in [1.165, 1.54) is 25.7 Å². The van der Waals surface area contributed by atoms with E-state index in [-0.39, 0.29) is 17.6 Å². The lowest BCUT2D eigenvalue weighted by atomic mass is 9.96. The summed E-state index contributed by atoms with van der Waals surface area (Å²) in [5, 5.41) is 3.61. The summed E-state index contributed by atoms with van der Waals surface area (Å²) >= 11 is 0. The number of guanidine groups is 1. The minimum Gasteiger partial charge on any atom is -0.368 e. The van der Waals surface area contributed by atoms with E-state index in [0.717, 1.165) is 58.1 Å². The number of hydrogen-bond donors (Lipinski definition) is 1. The van der Waals surface area contributed by atoms with Gasteiger partial charge in [-0.2, -0.15) is 0 Å². The number of ether oxygens (including phenoxy) is 1. The normalized spacial score (nSPS) is 26.6. The molecule has 3 fully saturated rings. The predicted octanol–water partition coefficient (Wildman–Crippen LogP) is 0.759. The van der Waals surface area contributed by atoms with Crippen molar-refractivity contribution in [2.45, 2.75) is 50.2 Å². The first-order valence-corrected chi connectivity index (χ1v) is 10.1. The first kappa shape index (κ1) is 19.4. The van der Waals surface area contributed by atoms with Gasteiger partial charge in [0.2, 0.25) is 0 Å². The summed E-state index contributed by atoms with van der Waals surface area (Å²) in [5.74, 6) is 1.13. The highest BCUT2D eigenvalue weighted by Crippen LogP contribution is 2.33. The van der Waals surface area contributed by atoms with Gasteiger partial charge in [-0.15, -0.1) is 0 Å². The number of carbonyl (C=O) groups is 1. The van der Waals surface area contributed by atoms with Crippen LogP contribution in [0.1, 0.15) is 38.5 Å². The predicted molar refractivity (Wildman–Crippen MR) is 103 cm³/mol. The second-order valence-corrected chi connectivity index (χ2v) is 8.04. The number of likely N-dealkylation sites (N-methyl/N-ethyl adjacent to an activating group) is 1. The number of aliphatic imine (C=N–C) groups is 1. The molecule has 0 radical (unpaired) electrons. The Labute approximate surface area is 157 Å². The zero-order valence-electron chi connectivity index (χ0n) is 16.7. The molecule has 1 aliphatic carbocycles. The van der Waals surface area contributed by atoms with E-state index in [2.05, 4.69) is 34.2 Å². The molecule has 1 unspecified atom stereocenters. The molecule has 0 spiro atoms. The second kappa shape index (κ2) is 8.57. The Morgan fingerprint density at radius 2 is 1.81 bits per heavy atom. The smallest absolute Gasteiger partial charge is 0.251 e. The Morgan fingerprint density at radius 3 is 2.35 bits per heavy atom. The zero-order chi connectivity index (χ0) is 18.6. The Hall–Kier alpha value is -1.34. The van der Waals surface area contributed by atoms with Gasteiger partial charge in [-0.05, 0) is 39.8 Å². The van der Waals surface area contributed by atoms with Gasteiger partial charge in [0.25, 0.3) is 5.91 Å². The average molecular weight is 366 g/mol. The summed E-state index contributed by atoms with van der Waals surface area (Å²) in [4.78, 5) is 23.6. The molecule has 3 aliphatic rings. The van der Waals surface area contributed by atoms with E-state index in [4.69, 9.17) is 4.74 Å². The lowest BCUT2D eigenvalue weighted by Crippen LogP contribution is -2.58. The summed E-state index contributed by atoms with van der Waals surface area (Å²) in [6.45, 7) is 4.80. The fourth-order valence-corrected chi connectivity index (χ4v) is 4.51. The molecule has 0 aromatic heterocycles. The minimum atomic E-state index is -0.207. The summed E-state index contributed by atoms with van der Waals surface area (Å²) in [5.41, 5.74) is 0.244. The molecule has 26 heavy (non-hydrogen) atoms. The molecule has 1 atom stereocenters. The maximum Gasteiger partial charge on any atom is 0.251 e. The van der Waals surface area contributed by atoms with E-state index in [1.54, 1.807) is 0 Å². The maximum atomic E-state index is 12.5. The van der Waals surface area contributed by atoms with Crippen molar-refractivity contribution in [2.75, 3.05) is 60.5 Å². The topological polar surface area (TPSA) is 60.4 Å². The lowest BCUT2D eigenvalue weighted by molar-refractivity contribution is -0.142. The molecular formula is C19H35N5O2. The molecule has 148 valence electrons. The van der Waals surface area contributed by atoms with Gasteiger partial charge in [0.15, 0.2) is 5.96 Å². The van der Waals surface area contributed by atoms with Gasteiger partial charge in [-0.25, -0.2) is 0 Å². The van der Waals surface area contributed by atoms with Gasteiger partial charge in [0.05, 0.1) is 0 Å². The van der Waals surface area contributed by atoms with Crippen molar-refractivity contribution in [2.24, 2.45) is 4.99 Å². The number of amides is 1. The lowest BCUT2D eigenvalue weighted by Gasteiger charge is -2.40. The monoisotopic (exact) mass is 365 g/mol. The van der Waals surface area contributed by atoms with Crippen LogP contribution < -0.4 is 5.32 Å². The number of nitrogens with zero attached hydrogens (tertiary/aromatic N) is 4. The van der Waals surface area contributed by atoms with Crippen molar-refractivity contribution in [3.8, 4) is 0 Å². The molecular weight excluding hydrogens is 330 g/mol. The largest absolute Gasteiger partial charge is 0.368 e. The van der Waals surface area contributed by atoms with E-state index >= 15 is 0 Å².